The van der Waals surface area contributed by atoms with E-state index in [2.05, 4.69) is 16.2 Å². The monoisotopic (exact) mass is 513 g/mol. The van der Waals surface area contributed by atoms with Gasteiger partial charge in [0.05, 0.1) is 18.6 Å². The Balaban J connectivity index is 1.59. The van der Waals surface area contributed by atoms with Crippen LogP contribution in [0.5, 0.6) is 5.75 Å². The Morgan fingerprint density at radius 3 is 2.56 bits per heavy atom. The molecular formula is C23H20FN5O6S. The molecule has 36 heavy (non-hydrogen) atoms. The quantitative estimate of drug-likeness (QED) is 0.210. The number of aryl methyl sites for hydroxylation is 1. The van der Waals surface area contributed by atoms with E-state index in [1.807, 2.05) is 0 Å². The van der Waals surface area contributed by atoms with E-state index in [-0.39, 0.29) is 36.4 Å². The standard InChI is InChI=1S/C23H20FN5O6S/c1-3-11-29-22(31)19-20(26-18-14-16(35-2)9-13-27(18)19)28(23(29)32)12-4-10-25-21(30)15-5-7-17(8-6-15)36(24,33)34/h1,5-9,13-14H,4,10-12H2,2H3,(H,25,30). The number of ether oxygens (including phenoxy) is 1. The van der Waals surface area contributed by atoms with Crippen molar-refractivity contribution in [3.63, 3.8) is 0 Å². The van der Waals surface area contributed by atoms with Crippen molar-refractivity contribution in [1.29, 1.82) is 0 Å². The maximum atomic E-state index is 13.0. The lowest BCUT2D eigenvalue weighted by atomic mass is 10.2. The Morgan fingerprint density at radius 2 is 1.92 bits per heavy atom. The molecule has 0 aliphatic carbocycles. The molecule has 11 nitrogen and oxygen atoms in total. The van der Waals surface area contributed by atoms with Crippen LogP contribution in [0.1, 0.15) is 16.8 Å². The maximum Gasteiger partial charge on any atom is 0.333 e. The second kappa shape index (κ2) is 9.67. The summed E-state index contributed by atoms with van der Waals surface area (Å²) in [4.78, 5) is 42.3. The van der Waals surface area contributed by atoms with Gasteiger partial charge < -0.3 is 10.1 Å². The van der Waals surface area contributed by atoms with Crippen molar-refractivity contribution in [2.24, 2.45) is 0 Å². The van der Waals surface area contributed by atoms with Crippen LogP contribution in [0.3, 0.4) is 0 Å². The number of amides is 1. The minimum Gasteiger partial charge on any atom is -0.497 e. The van der Waals surface area contributed by atoms with Gasteiger partial charge in [0.15, 0.2) is 11.2 Å². The predicted molar refractivity (Wildman–Crippen MR) is 128 cm³/mol. The number of fused-ring (bicyclic) bond motifs is 3. The average Bonchev–Trinajstić information content (AvgIpc) is 3.24. The van der Waals surface area contributed by atoms with E-state index >= 15 is 0 Å². The smallest absolute Gasteiger partial charge is 0.333 e. The van der Waals surface area contributed by atoms with E-state index in [9.17, 15) is 26.7 Å². The third kappa shape index (κ3) is 4.58. The van der Waals surface area contributed by atoms with Crippen molar-refractivity contribution in [2.75, 3.05) is 13.7 Å². The third-order valence-corrected chi connectivity index (χ3v) is 6.31. The summed E-state index contributed by atoms with van der Waals surface area (Å²) < 4.78 is 43.9. The Labute approximate surface area is 204 Å². The maximum absolute atomic E-state index is 13.0. The number of terminal acetylenes is 1. The summed E-state index contributed by atoms with van der Waals surface area (Å²) in [6, 6.07) is 7.65. The summed E-state index contributed by atoms with van der Waals surface area (Å²) in [6.45, 7) is 0.0320. The molecule has 0 aliphatic rings. The fourth-order valence-corrected chi connectivity index (χ4v) is 4.18. The van der Waals surface area contributed by atoms with E-state index in [4.69, 9.17) is 11.2 Å². The molecule has 0 spiro atoms. The number of nitrogens with zero attached hydrogens (tertiary/aromatic N) is 4. The number of hydrogen-bond donors (Lipinski definition) is 1. The van der Waals surface area contributed by atoms with Gasteiger partial charge in [-0.15, -0.1) is 10.3 Å². The summed E-state index contributed by atoms with van der Waals surface area (Å²) in [7, 11) is -3.36. The number of imidazole rings is 1. The van der Waals surface area contributed by atoms with E-state index in [1.54, 1.807) is 22.7 Å². The van der Waals surface area contributed by atoms with Crippen LogP contribution in [0, 0.1) is 12.3 Å². The van der Waals surface area contributed by atoms with Crippen LogP contribution in [-0.4, -0.2) is 46.5 Å². The lowest BCUT2D eigenvalue weighted by molar-refractivity contribution is 0.0952. The molecule has 1 aromatic carbocycles. The molecule has 1 amide bonds. The molecule has 3 aromatic heterocycles. The highest BCUT2D eigenvalue weighted by atomic mass is 32.3. The first-order chi connectivity index (χ1) is 17.2. The Hall–Kier alpha value is -4.44. The highest BCUT2D eigenvalue weighted by Gasteiger charge is 2.19. The summed E-state index contributed by atoms with van der Waals surface area (Å²) in [5, 5.41) is 2.65. The number of pyridine rings is 1. The van der Waals surface area contributed by atoms with Gasteiger partial charge in [-0.25, -0.2) is 14.3 Å². The van der Waals surface area contributed by atoms with Gasteiger partial charge in [-0.05, 0) is 36.8 Å². The van der Waals surface area contributed by atoms with Crippen molar-refractivity contribution < 1.29 is 21.8 Å². The minimum atomic E-state index is -4.86. The van der Waals surface area contributed by atoms with Crippen LogP contribution in [0.15, 0.2) is 57.1 Å². The molecule has 0 fully saturated rings. The number of aromatic nitrogens is 4. The second-order valence-corrected chi connectivity index (χ2v) is 9.03. The van der Waals surface area contributed by atoms with Gasteiger partial charge in [0.2, 0.25) is 0 Å². The van der Waals surface area contributed by atoms with Crippen molar-refractivity contribution >= 4 is 32.9 Å². The first-order valence-corrected chi connectivity index (χ1v) is 12.0. The van der Waals surface area contributed by atoms with E-state index in [1.165, 1.54) is 23.8 Å². The molecule has 4 rings (SSSR count). The molecule has 4 aromatic rings. The van der Waals surface area contributed by atoms with Crippen LogP contribution < -0.4 is 21.3 Å². The van der Waals surface area contributed by atoms with Gasteiger partial charge in [-0.1, -0.05) is 5.92 Å². The average molecular weight is 514 g/mol. The van der Waals surface area contributed by atoms with Crippen molar-refractivity contribution in [3.8, 4) is 18.1 Å². The fraction of sp³-hybridized carbons (Fsp3) is 0.217. The number of halogens is 1. The molecule has 0 atom stereocenters. The number of nitrogens with one attached hydrogen (secondary N) is 1. The summed E-state index contributed by atoms with van der Waals surface area (Å²) >= 11 is 0. The zero-order valence-electron chi connectivity index (χ0n) is 19.0. The Morgan fingerprint density at radius 1 is 1.19 bits per heavy atom. The topological polar surface area (TPSA) is 134 Å². The highest BCUT2D eigenvalue weighted by Crippen LogP contribution is 2.18. The second-order valence-electron chi connectivity index (χ2n) is 7.68. The van der Waals surface area contributed by atoms with E-state index < -0.39 is 32.3 Å². The SMILES string of the molecule is C#CCn1c(=O)c2c(nc3cc(OC)ccn32)n(CCCNC(=O)c2ccc(S(=O)(=O)F)cc2)c1=O. The van der Waals surface area contributed by atoms with Gasteiger partial charge in [0.1, 0.15) is 11.4 Å². The van der Waals surface area contributed by atoms with Crippen LogP contribution in [0.25, 0.3) is 16.8 Å². The van der Waals surface area contributed by atoms with Crippen LogP contribution in [0.2, 0.25) is 0 Å². The van der Waals surface area contributed by atoms with Crippen molar-refractivity contribution in [3.05, 3.63) is 69.0 Å². The normalized spacial score (nSPS) is 11.5. The van der Waals surface area contributed by atoms with Crippen LogP contribution >= 0.6 is 0 Å². The number of rotatable bonds is 8. The lowest BCUT2D eigenvalue weighted by Gasteiger charge is -2.11. The number of carbonyl (C=O) groups is 1. The molecule has 0 unspecified atom stereocenters. The molecule has 0 bridgehead atoms. The summed E-state index contributed by atoms with van der Waals surface area (Å²) in [6.07, 6.45) is 7.27. The fourth-order valence-electron chi connectivity index (χ4n) is 3.72. The van der Waals surface area contributed by atoms with Crippen LogP contribution in [0.4, 0.5) is 3.89 Å². The summed E-state index contributed by atoms with van der Waals surface area (Å²) in [5.74, 6) is 2.33. The predicted octanol–water partition coefficient (Wildman–Crippen LogP) is 0.931. The van der Waals surface area contributed by atoms with Gasteiger partial charge in [-0.3, -0.25) is 18.6 Å². The van der Waals surface area contributed by atoms with Gasteiger partial charge in [0, 0.05) is 30.9 Å². The zero-order valence-corrected chi connectivity index (χ0v) is 19.8. The number of carbonyl (C=O) groups excluding carboxylic acids is 1. The molecule has 0 aliphatic heterocycles. The molecule has 0 saturated heterocycles. The van der Waals surface area contributed by atoms with E-state index in [0.717, 1.165) is 16.7 Å². The molecule has 3 heterocycles. The molecule has 1 N–H and O–H groups in total. The Bertz CT molecular complexity index is 1750. The molecule has 13 heteroatoms. The van der Waals surface area contributed by atoms with Gasteiger partial charge in [-0.2, -0.15) is 8.42 Å². The minimum absolute atomic E-state index is 0.112. The van der Waals surface area contributed by atoms with Gasteiger partial charge >= 0.3 is 15.9 Å². The number of benzene rings is 1. The molecule has 0 saturated carbocycles. The van der Waals surface area contributed by atoms with E-state index in [0.29, 0.717) is 17.8 Å². The summed E-state index contributed by atoms with van der Waals surface area (Å²) in [5.41, 5.74) is -0.321. The number of hydrogen-bond acceptors (Lipinski definition) is 7. The van der Waals surface area contributed by atoms with Crippen molar-refractivity contribution in [2.45, 2.75) is 24.4 Å². The lowest BCUT2D eigenvalue weighted by Crippen LogP contribution is -2.40. The van der Waals surface area contributed by atoms with Crippen LogP contribution in [-0.2, 0) is 23.3 Å². The zero-order chi connectivity index (χ0) is 26.0. The highest BCUT2D eigenvalue weighted by molar-refractivity contribution is 7.86. The third-order valence-electron chi connectivity index (χ3n) is 5.47. The number of methoxy groups -OCH3 is 1. The van der Waals surface area contributed by atoms with Gasteiger partial charge in [0.25, 0.3) is 11.5 Å². The first kappa shape index (κ1) is 24.7. The first-order valence-electron chi connectivity index (χ1n) is 10.6. The molecule has 186 valence electrons. The molecular weight excluding hydrogens is 493 g/mol. The van der Waals surface area contributed by atoms with Crippen molar-refractivity contribution in [1.82, 2.24) is 23.8 Å². The largest absolute Gasteiger partial charge is 0.497 e. The Kier molecular flexibility index (Phi) is 6.63. The molecule has 0 radical (unpaired) electrons.